The molecule has 0 aromatic carbocycles. The standard InChI is InChI=1S/C11H23NO2/c1-2-3-11(13)9-12-8-10-4-6-14-7-5-10/h10-13H,2-9H2,1H3. The minimum absolute atomic E-state index is 0.167. The van der Waals surface area contributed by atoms with E-state index < -0.39 is 0 Å². The van der Waals surface area contributed by atoms with Crippen molar-refractivity contribution in [1.29, 1.82) is 0 Å². The molecule has 1 aliphatic heterocycles. The number of aliphatic hydroxyl groups excluding tert-OH is 1. The van der Waals surface area contributed by atoms with Crippen LogP contribution in [0.5, 0.6) is 0 Å². The van der Waals surface area contributed by atoms with E-state index in [2.05, 4.69) is 12.2 Å². The SMILES string of the molecule is CCCC(O)CNCC1CCOCC1. The van der Waals surface area contributed by atoms with E-state index in [4.69, 9.17) is 4.74 Å². The van der Waals surface area contributed by atoms with Gasteiger partial charge in [-0.05, 0) is 31.7 Å². The van der Waals surface area contributed by atoms with Gasteiger partial charge >= 0.3 is 0 Å². The van der Waals surface area contributed by atoms with Gasteiger partial charge in [-0.15, -0.1) is 0 Å². The number of ether oxygens (including phenoxy) is 1. The first-order valence-electron chi connectivity index (χ1n) is 5.79. The average molecular weight is 201 g/mol. The number of aliphatic hydroxyl groups is 1. The Morgan fingerprint density at radius 2 is 2.14 bits per heavy atom. The number of hydrogen-bond donors (Lipinski definition) is 2. The molecule has 14 heavy (non-hydrogen) atoms. The Labute approximate surface area is 86.8 Å². The van der Waals surface area contributed by atoms with Crippen molar-refractivity contribution in [1.82, 2.24) is 5.32 Å². The van der Waals surface area contributed by atoms with Crippen LogP contribution in [0.1, 0.15) is 32.6 Å². The maximum absolute atomic E-state index is 9.49. The molecule has 0 aromatic heterocycles. The van der Waals surface area contributed by atoms with Crippen molar-refractivity contribution in [3.05, 3.63) is 0 Å². The fraction of sp³-hybridized carbons (Fsp3) is 1.00. The lowest BCUT2D eigenvalue weighted by Gasteiger charge is -2.22. The van der Waals surface area contributed by atoms with Gasteiger partial charge in [0.15, 0.2) is 0 Å². The minimum atomic E-state index is -0.167. The molecular weight excluding hydrogens is 178 g/mol. The van der Waals surface area contributed by atoms with Gasteiger partial charge in [-0.2, -0.15) is 0 Å². The first-order valence-corrected chi connectivity index (χ1v) is 5.79. The molecule has 1 heterocycles. The number of rotatable bonds is 6. The van der Waals surface area contributed by atoms with Crippen LogP contribution in [0.3, 0.4) is 0 Å². The molecule has 3 nitrogen and oxygen atoms in total. The molecule has 0 saturated carbocycles. The highest BCUT2D eigenvalue weighted by atomic mass is 16.5. The Balaban J connectivity index is 1.96. The summed E-state index contributed by atoms with van der Waals surface area (Å²) < 4.78 is 5.29. The smallest absolute Gasteiger partial charge is 0.0664 e. The van der Waals surface area contributed by atoms with Gasteiger partial charge < -0.3 is 15.2 Å². The molecule has 1 unspecified atom stereocenters. The van der Waals surface area contributed by atoms with Crippen LogP contribution in [0.15, 0.2) is 0 Å². The summed E-state index contributed by atoms with van der Waals surface area (Å²) in [5.41, 5.74) is 0. The molecule has 3 heteroatoms. The summed E-state index contributed by atoms with van der Waals surface area (Å²) in [4.78, 5) is 0. The van der Waals surface area contributed by atoms with Crippen LogP contribution < -0.4 is 5.32 Å². The summed E-state index contributed by atoms with van der Waals surface area (Å²) in [5.74, 6) is 0.748. The zero-order valence-corrected chi connectivity index (χ0v) is 9.17. The van der Waals surface area contributed by atoms with Gasteiger partial charge in [0.25, 0.3) is 0 Å². The Kier molecular flexibility index (Phi) is 6.15. The quantitative estimate of drug-likeness (QED) is 0.677. The largest absolute Gasteiger partial charge is 0.392 e. The fourth-order valence-corrected chi connectivity index (χ4v) is 1.84. The predicted molar refractivity (Wildman–Crippen MR) is 57.3 cm³/mol. The zero-order chi connectivity index (χ0) is 10.2. The Bertz CT molecular complexity index is 135. The first-order chi connectivity index (χ1) is 6.83. The van der Waals surface area contributed by atoms with Crippen LogP contribution in [0.4, 0.5) is 0 Å². The van der Waals surface area contributed by atoms with Crippen LogP contribution in [0.25, 0.3) is 0 Å². The van der Waals surface area contributed by atoms with Crippen molar-refractivity contribution in [2.24, 2.45) is 5.92 Å². The molecular formula is C11H23NO2. The normalized spacial score (nSPS) is 21.0. The van der Waals surface area contributed by atoms with Gasteiger partial charge in [0, 0.05) is 19.8 Å². The van der Waals surface area contributed by atoms with Crippen molar-refractivity contribution in [3.63, 3.8) is 0 Å². The summed E-state index contributed by atoms with van der Waals surface area (Å²) in [6.07, 6.45) is 4.12. The van der Waals surface area contributed by atoms with E-state index in [0.29, 0.717) is 0 Å². The highest BCUT2D eigenvalue weighted by Gasteiger charge is 2.13. The number of nitrogens with one attached hydrogen (secondary N) is 1. The third-order valence-corrected chi connectivity index (χ3v) is 2.78. The summed E-state index contributed by atoms with van der Waals surface area (Å²) in [7, 11) is 0. The molecule has 1 aliphatic rings. The van der Waals surface area contributed by atoms with Gasteiger partial charge in [0.1, 0.15) is 0 Å². The molecule has 1 rings (SSSR count). The Hall–Kier alpha value is -0.120. The summed E-state index contributed by atoms with van der Waals surface area (Å²) in [6, 6.07) is 0. The molecule has 2 N–H and O–H groups in total. The van der Waals surface area contributed by atoms with Crippen LogP contribution >= 0.6 is 0 Å². The highest BCUT2D eigenvalue weighted by Crippen LogP contribution is 2.13. The molecule has 1 saturated heterocycles. The lowest BCUT2D eigenvalue weighted by atomic mass is 10.0. The molecule has 0 radical (unpaired) electrons. The van der Waals surface area contributed by atoms with E-state index in [9.17, 15) is 5.11 Å². The second-order valence-corrected chi connectivity index (χ2v) is 4.16. The maximum Gasteiger partial charge on any atom is 0.0664 e. The van der Waals surface area contributed by atoms with Crippen molar-refractivity contribution >= 4 is 0 Å². The number of hydrogen-bond acceptors (Lipinski definition) is 3. The molecule has 0 aliphatic carbocycles. The van der Waals surface area contributed by atoms with Gasteiger partial charge in [-0.25, -0.2) is 0 Å². The van der Waals surface area contributed by atoms with E-state index in [1.165, 1.54) is 0 Å². The van der Waals surface area contributed by atoms with E-state index in [-0.39, 0.29) is 6.10 Å². The van der Waals surface area contributed by atoms with E-state index in [0.717, 1.165) is 57.9 Å². The van der Waals surface area contributed by atoms with Gasteiger partial charge in [-0.3, -0.25) is 0 Å². The van der Waals surface area contributed by atoms with E-state index in [1.807, 2.05) is 0 Å². The Morgan fingerprint density at radius 1 is 1.43 bits per heavy atom. The Morgan fingerprint density at radius 3 is 2.79 bits per heavy atom. The lowest BCUT2D eigenvalue weighted by molar-refractivity contribution is 0.0647. The maximum atomic E-state index is 9.49. The average Bonchev–Trinajstić information content (AvgIpc) is 2.20. The van der Waals surface area contributed by atoms with Crippen LogP contribution in [-0.2, 0) is 4.74 Å². The highest BCUT2D eigenvalue weighted by molar-refractivity contribution is 4.67. The van der Waals surface area contributed by atoms with Gasteiger partial charge in [0.2, 0.25) is 0 Å². The van der Waals surface area contributed by atoms with Gasteiger partial charge in [-0.1, -0.05) is 13.3 Å². The van der Waals surface area contributed by atoms with Crippen LogP contribution in [0.2, 0.25) is 0 Å². The van der Waals surface area contributed by atoms with Crippen molar-refractivity contribution in [2.45, 2.75) is 38.7 Å². The predicted octanol–water partition coefficient (Wildman–Crippen LogP) is 1.16. The summed E-state index contributed by atoms with van der Waals surface area (Å²) in [5, 5.41) is 12.8. The van der Waals surface area contributed by atoms with Crippen molar-refractivity contribution in [2.75, 3.05) is 26.3 Å². The van der Waals surface area contributed by atoms with Crippen molar-refractivity contribution in [3.8, 4) is 0 Å². The monoisotopic (exact) mass is 201 g/mol. The molecule has 0 aromatic rings. The first kappa shape index (κ1) is 12.0. The van der Waals surface area contributed by atoms with E-state index >= 15 is 0 Å². The van der Waals surface area contributed by atoms with Crippen LogP contribution in [0, 0.1) is 5.92 Å². The molecule has 0 spiro atoms. The van der Waals surface area contributed by atoms with Crippen LogP contribution in [-0.4, -0.2) is 37.5 Å². The fourth-order valence-electron chi connectivity index (χ4n) is 1.84. The minimum Gasteiger partial charge on any atom is -0.392 e. The summed E-state index contributed by atoms with van der Waals surface area (Å²) in [6.45, 7) is 5.69. The molecule has 1 atom stereocenters. The third kappa shape index (κ3) is 4.94. The summed E-state index contributed by atoms with van der Waals surface area (Å²) >= 11 is 0. The lowest BCUT2D eigenvalue weighted by Crippen LogP contribution is -2.33. The zero-order valence-electron chi connectivity index (χ0n) is 9.17. The van der Waals surface area contributed by atoms with Crippen molar-refractivity contribution < 1.29 is 9.84 Å². The molecule has 0 amide bonds. The second kappa shape index (κ2) is 7.21. The van der Waals surface area contributed by atoms with Gasteiger partial charge in [0.05, 0.1) is 6.10 Å². The third-order valence-electron chi connectivity index (χ3n) is 2.78. The topological polar surface area (TPSA) is 41.5 Å². The molecule has 0 bridgehead atoms. The molecule has 84 valence electrons. The van der Waals surface area contributed by atoms with E-state index in [1.54, 1.807) is 0 Å². The molecule has 1 fully saturated rings. The second-order valence-electron chi connectivity index (χ2n) is 4.16.